The molecule has 1 aliphatic rings. The minimum Gasteiger partial charge on any atom is -0.380 e. The van der Waals surface area contributed by atoms with Gasteiger partial charge in [-0.15, -0.1) is 0 Å². The molecule has 0 amide bonds. The largest absolute Gasteiger partial charge is 0.380 e. The quantitative estimate of drug-likeness (QED) is 0.362. The van der Waals surface area contributed by atoms with Crippen molar-refractivity contribution in [2.45, 2.75) is 12.8 Å². The smallest absolute Gasteiger partial charge is 0.121 e. The minimum atomic E-state index is 0.890. The molecule has 1 N–H and O–H groups in total. The average molecular weight is 311 g/mol. The van der Waals surface area contributed by atoms with E-state index in [2.05, 4.69) is 44.7 Å². The van der Waals surface area contributed by atoms with Crippen LogP contribution in [-0.4, -0.2) is 35.5 Å². The summed E-state index contributed by atoms with van der Waals surface area (Å²) in [6.45, 7) is 1.13. The summed E-state index contributed by atoms with van der Waals surface area (Å²) >= 11 is 7.39. The van der Waals surface area contributed by atoms with E-state index in [0.717, 1.165) is 18.0 Å². The third-order valence-electron chi connectivity index (χ3n) is 2.04. The zero-order valence-corrected chi connectivity index (χ0v) is 10.9. The Morgan fingerprint density at radius 3 is 3.00 bits per heavy atom. The summed E-state index contributed by atoms with van der Waals surface area (Å²) in [4.78, 5) is 3.08. The maximum absolute atomic E-state index is 5.31. The maximum Gasteiger partial charge on any atom is 0.121 e. The van der Waals surface area contributed by atoms with Crippen molar-refractivity contribution in [2.24, 2.45) is 0 Å². The van der Waals surface area contributed by atoms with Crippen LogP contribution in [0.4, 0.5) is 0 Å². The van der Waals surface area contributed by atoms with Crippen LogP contribution in [-0.2, 0) is 0 Å². The van der Waals surface area contributed by atoms with E-state index in [-0.39, 0.29) is 0 Å². The number of nitrogens with zero attached hydrogens (tertiary/aromatic N) is 2. The van der Waals surface area contributed by atoms with Crippen molar-refractivity contribution in [3.8, 4) is 0 Å². The summed E-state index contributed by atoms with van der Waals surface area (Å²) in [5, 5.41) is 1.86. The van der Waals surface area contributed by atoms with Crippen LogP contribution < -0.4 is 3.64 Å². The molecular formula is C8H14IN3S. The number of halogens is 1. The van der Waals surface area contributed by atoms with E-state index in [0.29, 0.717) is 0 Å². The van der Waals surface area contributed by atoms with Crippen molar-refractivity contribution < 1.29 is 0 Å². The lowest BCUT2D eigenvalue weighted by atomic mass is 10.1. The first-order valence-corrected chi connectivity index (χ1v) is 5.69. The molecule has 0 unspecified atom stereocenters. The lowest BCUT2D eigenvalue weighted by Crippen LogP contribution is -2.34. The second-order valence-corrected chi connectivity index (χ2v) is 4.06. The number of rotatable bonds is 2. The molecule has 0 aliphatic carbocycles. The van der Waals surface area contributed by atoms with Gasteiger partial charge >= 0.3 is 0 Å². The molecule has 0 radical (unpaired) electrons. The van der Waals surface area contributed by atoms with Crippen LogP contribution in [0.25, 0.3) is 0 Å². The van der Waals surface area contributed by atoms with Gasteiger partial charge in [0.25, 0.3) is 0 Å². The first-order valence-electron chi connectivity index (χ1n) is 4.20. The Hall–Kier alpha value is 0.120. The SMILES string of the molecule is CN1C=C(C(=S)N(C)NI)CCC1. The normalized spacial score (nSPS) is 16.8. The van der Waals surface area contributed by atoms with Crippen molar-refractivity contribution in [1.29, 1.82) is 0 Å². The molecule has 0 aromatic rings. The molecule has 0 atom stereocenters. The molecule has 3 nitrogen and oxygen atoms in total. The molecule has 13 heavy (non-hydrogen) atoms. The highest BCUT2D eigenvalue weighted by Gasteiger charge is 2.13. The first-order chi connectivity index (χ1) is 6.15. The number of hydrogen-bond donors (Lipinski definition) is 1. The van der Waals surface area contributed by atoms with E-state index in [1.165, 1.54) is 12.0 Å². The predicted octanol–water partition coefficient (Wildman–Crippen LogP) is 1.71. The Labute approximate surface area is 98.6 Å². The van der Waals surface area contributed by atoms with Gasteiger partial charge in [-0.2, -0.15) is 3.64 Å². The lowest BCUT2D eigenvalue weighted by Gasteiger charge is -2.26. The standard InChI is InChI=1S/C8H14IN3S/c1-11-5-3-4-7(6-11)8(13)12(2)10-9/h6,10H,3-5H2,1-2H3. The van der Waals surface area contributed by atoms with Gasteiger partial charge in [0, 0.05) is 55.3 Å². The molecule has 5 heteroatoms. The molecule has 74 valence electrons. The van der Waals surface area contributed by atoms with Crippen LogP contribution >= 0.6 is 35.1 Å². The monoisotopic (exact) mass is 311 g/mol. The Morgan fingerprint density at radius 1 is 1.77 bits per heavy atom. The average Bonchev–Trinajstić information content (AvgIpc) is 2.15. The molecule has 0 spiro atoms. The van der Waals surface area contributed by atoms with Gasteiger partial charge in [0.05, 0.1) is 0 Å². The zero-order valence-electron chi connectivity index (χ0n) is 7.88. The van der Waals surface area contributed by atoms with E-state index >= 15 is 0 Å². The minimum absolute atomic E-state index is 0.890. The van der Waals surface area contributed by atoms with Crippen LogP contribution in [0.15, 0.2) is 11.8 Å². The fraction of sp³-hybridized carbons (Fsp3) is 0.625. The van der Waals surface area contributed by atoms with Crippen molar-refractivity contribution >= 4 is 40.1 Å². The van der Waals surface area contributed by atoms with Gasteiger partial charge in [0.2, 0.25) is 0 Å². The summed E-state index contributed by atoms with van der Waals surface area (Å²) in [5.74, 6) is 0. The second kappa shape index (κ2) is 5.11. The predicted molar refractivity (Wildman–Crippen MR) is 67.5 cm³/mol. The Kier molecular flexibility index (Phi) is 4.40. The van der Waals surface area contributed by atoms with Crippen LogP contribution in [0.1, 0.15) is 12.8 Å². The van der Waals surface area contributed by atoms with Crippen molar-refractivity contribution in [3.05, 3.63) is 11.8 Å². The topological polar surface area (TPSA) is 18.5 Å². The Balaban J connectivity index is 2.65. The van der Waals surface area contributed by atoms with Crippen molar-refractivity contribution in [2.75, 3.05) is 20.6 Å². The molecule has 0 aromatic carbocycles. The number of nitrogens with one attached hydrogen (secondary N) is 1. The fourth-order valence-corrected chi connectivity index (χ4v) is 1.94. The van der Waals surface area contributed by atoms with E-state index in [1.54, 1.807) is 0 Å². The van der Waals surface area contributed by atoms with E-state index in [1.807, 2.05) is 12.1 Å². The van der Waals surface area contributed by atoms with E-state index in [4.69, 9.17) is 12.2 Å². The summed E-state index contributed by atoms with van der Waals surface area (Å²) in [6, 6.07) is 0. The number of hydrogen-bond acceptors (Lipinski definition) is 3. The summed E-state index contributed by atoms with van der Waals surface area (Å²) in [5.41, 5.74) is 1.25. The Morgan fingerprint density at radius 2 is 2.46 bits per heavy atom. The number of thiocarbonyl (C=S) groups is 1. The first kappa shape index (κ1) is 11.2. The van der Waals surface area contributed by atoms with Gasteiger partial charge < -0.3 is 4.90 Å². The van der Waals surface area contributed by atoms with Crippen LogP contribution in [0.3, 0.4) is 0 Å². The molecule has 0 aromatic heterocycles. The number of likely N-dealkylation sites (N-methyl/N-ethyl adjacent to an activating group) is 1. The van der Waals surface area contributed by atoms with E-state index < -0.39 is 0 Å². The molecule has 1 aliphatic heterocycles. The van der Waals surface area contributed by atoms with Gasteiger partial charge in [-0.25, -0.2) is 0 Å². The maximum atomic E-state index is 5.31. The summed E-state index contributed by atoms with van der Waals surface area (Å²) < 4.78 is 2.98. The van der Waals surface area contributed by atoms with Gasteiger partial charge in [0.1, 0.15) is 4.99 Å². The molecule has 0 saturated carbocycles. The second-order valence-electron chi connectivity index (χ2n) is 3.19. The summed E-state index contributed by atoms with van der Waals surface area (Å²) in [6.07, 6.45) is 4.42. The molecular weight excluding hydrogens is 297 g/mol. The van der Waals surface area contributed by atoms with Gasteiger partial charge in [-0.3, -0.25) is 5.01 Å². The lowest BCUT2D eigenvalue weighted by molar-refractivity contribution is 0.416. The van der Waals surface area contributed by atoms with Crippen LogP contribution in [0, 0.1) is 0 Å². The third-order valence-corrected chi connectivity index (χ3v) is 3.30. The molecule has 0 bridgehead atoms. The molecule has 1 rings (SSSR count). The van der Waals surface area contributed by atoms with Crippen LogP contribution in [0.2, 0.25) is 0 Å². The Bertz CT molecular complexity index is 229. The van der Waals surface area contributed by atoms with Crippen LogP contribution in [0.5, 0.6) is 0 Å². The van der Waals surface area contributed by atoms with Gasteiger partial charge in [-0.1, -0.05) is 12.2 Å². The van der Waals surface area contributed by atoms with Crippen molar-refractivity contribution in [1.82, 2.24) is 13.5 Å². The highest BCUT2D eigenvalue weighted by Crippen LogP contribution is 2.15. The molecule has 0 saturated heterocycles. The third kappa shape index (κ3) is 3.07. The molecule has 0 fully saturated rings. The molecule has 1 heterocycles. The highest BCUT2D eigenvalue weighted by molar-refractivity contribution is 14.1. The number of hydrazine groups is 1. The fourth-order valence-electron chi connectivity index (χ4n) is 1.33. The van der Waals surface area contributed by atoms with Crippen molar-refractivity contribution in [3.63, 3.8) is 0 Å². The summed E-state index contributed by atoms with van der Waals surface area (Å²) in [7, 11) is 4.02. The van der Waals surface area contributed by atoms with Gasteiger partial charge in [0.15, 0.2) is 0 Å². The van der Waals surface area contributed by atoms with Gasteiger partial charge in [-0.05, 0) is 12.8 Å². The van der Waals surface area contributed by atoms with E-state index in [9.17, 15) is 0 Å². The highest BCUT2D eigenvalue weighted by atomic mass is 127. The zero-order chi connectivity index (χ0) is 9.84.